The molecule has 3 aromatic heterocycles. The van der Waals surface area contributed by atoms with Gasteiger partial charge in [-0.05, 0) is 36.4 Å². The molecule has 4 aromatic rings. The van der Waals surface area contributed by atoms with Gasteiger partial charge < -0.3 is 24.5 Å². The van der Waals surface area contributed by atoms with Crippen molar-refractivity contribution >= 4 is 17.5 Å². The second-order valence-electron chi connectivity index (χ2n) is 6.44. The van der Waals surface area contributed by atoms with Crippen molar-refractivity contribution < 1.29 is 22.7 Å². The van der Waals surface area contributed by atoms with Crippen LogP contribution in [-0.4, -0.2) is 26.5 Å². The fourth-order valence-corrected chi connectivity index (χ4v) is 2.93. The van der Waals surface area contributed by atoms with Crippen molar-refractivity contribution in [3.63, 3.8) is 0 Å². The molecule has 0 saturated heterocycles. The summed E-state index contributed by atoms with van der Waals surface area (Å²) in [6, 6.07) is 13.5. The topological polar surface area (TPSA) is 107 Å². The van der Waals surface area contributed by atoms with Crippen LogP contribution in [0.3, 0.4) is 0 Å². The van der Waals surface area contributed by atoms with E-state index in [1.807, 2.05) is 18.2 Å². The molecule has 0 amide bonds. The van der Waals surface area contributed by atoms with Gasteiger partial charge >= 0.3 is 12.3 Å². The van der Waals surface area contributed by atoms with E-state index < -0.39 is 6.29 Å². The number of hydrogen-bond donors (Lipinski definition) is 2. The van der Waals surface area contributed by atoms with Crippen LogP contribution in [0.5, 0.6) is 11.5 Å². The molecule has 0 unspecified atom stereocenters. The Hall–Kier alpha value is -4.28. The lowest BCUT2D eigenvalue weighted by Crippen LogP contribution is -2.25. The molecule has 9 nitrogen and oxygen atoms in total. The number of rotatable bonds is 6. The first-order valence-electron chi connectivity index (χ1n) is 9.15. The number of nitrogens with zero attached hydrogens (tertiary/aromatic N) is 4. The van der Waals surface area contributed by atoms with Crippen molar-refractivity contribution in [2.45, 2.75) is 12.8 Å². The zero-order valence-electron chi connectivity index (χ0n) is 15.8. The smallest absolute Gasteiger partial charge is 0.403 e. The highest BCUT2D eigenvalue weighted by atomic mass is 19.3. The Balaban J connectivity index is 1.32. The number of anilines is 3. The molecule has 0 atom stereocenters. The summed E-state index contributed by atoms with van der Waals surface area (Å²) >= 11 is 0. The van der Waals surface area contributed by atoms with Crippen molar-refractivity contribution in [2.24, 2.45) is 0 Å². The summed E-state index contributed by atoms with van der Waals surface area (Å²) in [5.74, 6) is 0.629. The molecule has 31 heavy (non-hydrogen) atoms. The number of nitrogens with one attached hydrogen (secondary N) is 2. The monoisotopic (exact) mass is 424 g/mol. The minimum absolute atomic E-state index is 0.0549. The number of aromatic nitrogens is 4. The summed E-state index contributed by atoms with van der Waals surface area (Å²) in [6.45, 7) is 0.464. The van der Waals surface area contributed by atoms with Crippen molar-refractivity contribution in [1.82, 2.24) is 20.2 Å². The number of benzene rings is 1. The van der Waals surface area contributed by atoms with Gasteiger partial charge in [-0.2, -0.15) is 0 Å². The predicted molar refractivity (Wildman–Crippen MR) is 105 cm³/mol. The summed E-state index contributed by atoms with van der Waals surface area (Å²) in [5, 5.41) is 14.1. The lowest BCUT2D eigenvalue weighted by molar-refractivity contribution is -0.286. The Kier molecular flexibility index (Phi) is 4.54. The highest BCUT2D eigenvalue weighted by molar-refractivity contribution is 5.69. The largest absolute Gasteiger partial charge is 0.586 e. The van der Waals surface area contributed by atoms with E-state index >= 15 is 0 Å². The van der Waals surface area contributed by atoms with Crippen LogP contribution in [0.15, 0.2) is 65.3 Å². The van der Waals surface area contributed by atoms with Gasteiger partial charge in [-0.1, -0.05) is 11.2 Å². The summed E-state index contributed by atoms with van der Waals surface area (Å²) < 4.78 is 40.8. The van der Waals surface area contributed by atoms with E-state index in [1.54, 1.807) is 24.5 Å². The van der Waals surface area contributed by atoms with E-state index in [-0.39, 0.29) is 23.4 Å². The first-order valence-corrected chi connectivity index (χ1v) is 9.15. The Morgan fingerprint density at radius 3 is 2.65 bits per heavy atom. The van der Waals surface area contributed by atoms with Gasteiger partial charge in [0.05, 0.1) is 17.8 Å². The lowest BCUT2D eigenvalue weighted by Gasteiger charge is -2.08. The molecule has 0 spiro atoms. The van der Waals surface area contributed by atoms with Gasteiger partial charge in [0.2, 0.25) is 0 Å². The van der Waals surface area contributed by atoms with Crippen LogP contribution in [-0.2, 0) is 6.54 Å². The number of pyridine rings is 2. The molecule has 1 aromatic carbocycles. The van der Waals surface area contributed by atoms with E-state index in [2.05, 4.69) is 40.3 Å². The molecule has 156 valence electrons. The van der Waals surface area contributed by atoms with Crippen LogP contribution in [0.25, 0.3) is 11.5 Å². The maximum Gasteiger partial charge on any atom is 0.586 e. The first kappa shape index (κ1) is 18.7. The normalized spacial score (nSPS) is 13.7. The quantitative estimate of drug-likeness (QED) is 0.471. The second-order valence-corrected chi connectivity index (χ2v) is 6.44. The van der Waals surface area contributed by atoms with E-state index in [1.165, 1.54) is 18.2 Å². The molecule has 5 rings (SSSR count). The van der Waals surface area contributed by atoms with Gasteiger partial charge in [-0.15, -0.1) is 13.9 Å². The third-order valence-electron chi connectivity index (χ3n) is 4.28. The molecule has 0 radical (unpaired) electrons. The Labute approximate surface area is 174 Å². The van der Waals surface area contributed by atoms with E-state index in [4.69, 9.17) is 4.42 Å². The average molecular weight is 424 g/mol. The van der Waals surface area contributed by atoms with Crippen LogP contribution < -0.4 is 20.1 Å². The highest BCUT2D eigenvalue weighted by Crippen LogP contribution is 2.42. The minimum atomic E-state index is -3.68. The molecular weight excluding hydrogens is 410 g/mol. The molecule has 4 heterocycles. The lowest BCUT2D eigenvalue weighted by atomic mass is 10.2. The Morgan fingerprint density at radius 1 is 0.903 bits per heavy atom. The minimum Gasteiger partial charge on any atom is -0.403 e. The number of fused-ring (bicyclic) bond motifs is 1. The third kappa shape index (κ3) is 4.06. The fourth-order valence-electron chi connectivity index (χ4n) is 2.93. The van der Waals surface area contributed by atoms with Crippen molar-refractivity contribution in [1.29, 1.82) is 0 Å². The van der Waals surface area contributed by atoms with Gasteiger partial charge in [-0.3, -0.25) is 4.98 Å². The number of alkyl halides is 2. The third-order valence-corrected chi connectivity index (χ3v) is 4.28. The number of ether oxygens (including phenoxy) is 2. The Morgan fingerprint density at radius 2 is 1.77 bits per heavy atom. The van der Waals surface area contributed by atoms with Crippen LogP contribution in [0.2, 0.25) is 0 Å². The zero-order valence-corrected chi connectivity index (χ0v) is 15.8. The first-order chi connectivity index (χ1) is 15.1. The Bertz CT molecular complexity index is 1220. The van der Waals surface area contributed by atoms with Crippen LogP contribution >= 0.6 is 0 Å². The molecular formula is C20H14F2N6O3. The predicted octanol–water partition coefficient (Wildman–Crippen LogP) is 4.20. The molecule has 0 bridgehead atoms. The van der Waals surface area contributed by atoms with Crippen LogP contribution in [0.1, 0.15) is 5.69 Å². The van der Waals surface area contributed by atoms with E-state index in [0.29, 0.717) is 23.6 Å². The molecule has 0 aliphatic carbocycles. The van der Waals surface area contributed by atoms with Crippen LogP contribution in [0, 0.1) is 0 Å². The van der Waals surface area contributed by atoms with Crippen molar-refractivity contribution in [2.75, 3.05) is 10.6 Å². The van der Waals surface area contributed by atoms with Gasteiger partial charge in [0.15, 0.2) is 11.5 Å². The van der Waals surface area contributed by atoms with Gasteiger partial charge in [0.25, 0.3) is 5.89 Å². The number of hydrogen-bond acceptors (Lipinski definition) is 9. The molecule has 11 heteroatoms. The summed E-state index contributed by atoms with van der Waals surface area (Å²) in [6.07, 6.45) is -0.330. The van der Waals surface area contributed by atoms with Crippen molar-refractivity contribution in [3.05, 3.63) is 66.6 Å². The molecule has 0 saturated carbocycles. The zero-order chi connectivity index (χ0) is 21.3. The standard InChI is InChI=1S/C20H14F2N6O3/c21-20(22)30-15-7-6-12(10-16(15)31-20)26-19-28-27-18(29-19)14-5-3-9-24-17(14)25-11-13-4-1-2-8-23-13/h1-10H,11H2,(H,24,25)(H,26,28). The molecule has 2 N–H and O–H groups in total. The van der Waals surface area contributed by atoms with E-state index in [9.17, 15) is 8.78 Å². The fraction of sp³-hybridized carbons (Fsp3) is 0.100. The van der Waals surface area contributed by atoms with Gasteiger partial charge in [-0.25, -0.2) is 4.98 Å². The summed E-state index contributed by atoms with van der Waals surface area (Å²) in [5.41, 5.74) is 1.86. The molecule has 1 aliphatic heterocycles. The SMILES string of the molecule is FC1(F)Oc2ccc(Nc3nnc(-c4cccnc4NCc4ccccn4)o3)cc2O1. The van der Waals surface area contributed by atoms with Gasteiger partial charge in [0, 0.05) is 24.1 Å². The van der Waals surface area contributed by atoms with Crippen molar-refractivity contribution in [3.8, 4) is 23.0 Å². The highest BCUT2D eigenvalue weighted by Gasteiger charge is 2.43. The van der Waals surface area contributed by atoms with Gasteiger partial charge in [0.1, 0.15) is 5.82 Å². The maximum absolute atomic E-state index is 13.2. The molecule has 1 aliphatic rings. The second kappa shape index (κ2) is 7.52. The van der Waals surface area contributed by atoms with Crippen LogP contribution in [0.4, 0.5) is 26.3 Å². The summed E-state index contributed by atoms with van der Waals surface area (Å²) in [4.78, 5) is 8.59. The molecule has 0 fully saturated rings. The van der Waals surface area contributed by atoms with E-state index in [0.717, 1.165) is 5.69 Å². The number of halogens is 2. The maximum atomic E-state index is 13.2. The average Bonchev–Trinajstić information content (AvgIpc) is 3.35. The summed E-state index contributed by atoms with van der Waals surface area (Å²) in [7, 11) is 0.